The number of hydrogen-bond donors (Lipinski definition) is 2. The Morgan fingerprint density at radius 3 is 1.63 bits per heavy atom. The van der Waals surface area contributed by atoms with Crippen LogP contribution in [0.25, 0.3) is 33.5 Å². The normalized spacial score (nSPS) is 17.9. The van der Waals surface area contributed by atoms with Crippen molar-refractivity contribution in [3.63, 3.8) is 0 Å². The van der Waals surface area contributed by atoms with E-state index in [2.05, 4.69) is 87.5 Å². The third-order valence-electron chi connectivity index (χ3n) is 9.59. The Morgan fingerprint density at radius 2 is 1.14 bits per heavy atom. The van der Waals surface area contributed by atoms with E-state index in [1.54, 1.807) is 4.80 Å². The van der Waals surface area contributed by atoms with E-state index in [4.69, 9.17) is 20.4 Å². The monoisotopic (exact) mass is 660 g/mol. The first-order valence-corrected chi connectivity index (χ1v) is 17.4. The third-order valence-corrected chi connectivity index (χ3v) is 9.59. The number of fused-ring (bicyclic) bond motifs is 2. The molecule has 0 aliphatic heterocycles. The molecule has 1 aliphatic rings. The summed E-state index contributed by atoms with van der Waals surface area (Å²) in [5.74, 6) is 0.0461. The van der Waals surface area contributed by atoms with E-state index >= 15 is 0 Å². The van der Waals surface area contributed by atoms with Crippen LogP contribution in [0.1, 0.15) is 99.6 Å². The molecule has 2 heterocycles. The summed E-state index contributed by atoms with van der Waals surface area (Å²) in [5, 5.41) is 44.0. The van der Waals surface area contributed by atoms with Gasteiger partial charge in [0.2, 0.25) is 0 Å². The van der Waals surface area contributed by atoms with Crippen LogP contribution in [-0.2, 0) is 11.8 Å². The standard InChI is InChI=1S/C41H52N6O2/c1-37(2,3)25-39(7,8)28-19-20-41(49,35(23-28)47-44-32-17-13-14-18-33(32)45-47)24-27-21-29(40(9,10)26-38(4,5)6)22-34(36(27)48)46-42-30-15-11-12-16-31(30)43-46/h11-19,21-23,48-49H,20,24-26H2,1-10H3. The van der Waals surface area contributed by atoms with Gasteiger partial charge in [-0.2, -0.15) is 4.80 Å². The van der Waals surface area contributed by atoms with Gasteiger partial charge in [-0.15, -0.1) is 25.2 Å². The van der Waals surface area contributed by atoms with Crippen molar-refractivity contribution in [3.8, 4) is 11.4 Å². The molecule has 6 rings (SSSR count). The van der Waals surface area contributed by atoms with Crippen molar-refractivity contribution in [1.82, 2.24) is 30.0 Å². The second kappa shape index (κ2) is 11.9. The van der Waals surface area contributed by atoms with Crippen LogP contribution < -0.4 is 0 Å². The number of hydrogen-bond acceptors (Lipinski definition) is 6. The average molecular weight is 661 g/mol. The highest BCUT2D eigenvalue weighted by atomic mass is 16.3. The van der Waals surface area contributed by atoms with E-state index in [1.165, 1.54) is 4.80 Å². The molecule has 0 fully saturated rings. The van der Waals surface area contributed by atoms with Gasteiger partial charge in [0.25, 0.3) is 0 Å². The molecule has 0 amide bonds. The molecule has 1 aliphatic carbocycles. The second-order valence-electron chi connectivity index (χ2n) is 17.8. The first-order chi connectivity index (χ1) is 22.7. The number of aromatic nitrogens is 6. The summed E-state index contributed by atoms with van der Waals surface area (Å²) in [6, 6.07) is 19.5. The first kappa shape index (κ1) is 34.6. The molecule has 8 heteroatoms. The van der Waals surface area contributed by atoms with Crippen molar-refractivity contribution in [3.05, 3.63) is 89.5 Å². The van der Waals surface area contributed by atoms with Crippen molar-refractivity contribution >= 4 is 27.8 Å². The molecule has 2 N–H and O–H groups in total. The van der Waals surface area contributed by atoms with Gasteiger partial charge in [-0.25, -0.2) is 0 Å². The lowest BCUT2D eigenvalue weighted by atomic mass is 9.69. The molecule has 0 saturated carbocycles. The molecule has 0 radical (unpaired) electrons. The van der Waals surface area contributed by atoms with Crippen molar-refractivity contribution in [2.24, 2.45) is 16.2 Å². The van der Waals surface area contributed by atoms with Crippen LogP contribution >= 0.6 is 0 Å². The van der Waals surface area contributed by atoms with Crippen molar-refractivity contribution in [2.75, 3.05) is 0 Å². The molecule has 5 aromatic rings. The maximum absolute atomic E-state index is 12.8. The molecule has 1 unspecified atom stereocenters. The Kier molecular flexibility index (Phi) is 8.42. The van der Waals surface area contributed by atoms with Crippen LogP contribution in [0.5, 0.6) is 5.75 Å². The summed E-state index contributed by atoms with van der Waals surface area (Å²) in [6.45, 7) is 22.5. The fourth-order valence-electron chi connectivity index (χ4n) is 8.06. The molecule has 0 bridgehead atoms. The van der Waals surface area contributed by atoms with Crippen molar-refractivity contribution in [2.45, 2.75) is 106 Å². The Labute approximate surface area is 290 Å². The highest BCUT2D eigenvalue weighted by Gasteiger charge is 2.41. The Hall–Kier alpha value is -4.30. The summed E-state index contributed by atoms with van der Waals surface area (Å²) < 4.78 is 0. The van der Waals surface area contributed by atoms with Gasteiger partial charge in [0, 0.05) is 12.8 Å². The lowest BCUT2D eigenvalue weighted by Gasteiger charge is -2.39. The number of aromatic hydroxyl groups is 1. The van der Waals surface area contributed by atoms with Gasteiger partial charge in [-0.1, -0.05) is 106 Å². The molecular weight excluding hydrogens is 608 g/mol. The number of phenols is 1. The number of rotatable bonds is 8. The molecule has 3 aromatic carbocycles. The fraction of sp³-hybridized carbons (Fsp3) is 0.463. The Balaban J connectivity index is 1.50. The zero-order valence-electron chi connectivity index (χ0n) is 30.8. The summed E-state index contributed by atoms with van der Waals surface area (Å²) in [5.41, 5.74) is 5.22. The average Bonchev–Trinajstić information content (AvgIpc) is 3.60. The zero-order chi connectivity index (χ0) is 35.6. The number of benzene rings is 3. The van der Waals surface area contributed by atoms with Gasteiger partial charge in [0.15, 0.2) is 0 Å². The lowest BCUT2D eigenvalue weighted by Crippen LogP contribution is -2.39. The van der Waals surface area contributed by atoms with Crippen LogP contribution in [-0.4, -0.2) is 45.8 Å². The van der Waals surface area contributed by atoms with Gasteiger partial charge >= 0.3 is 0 Å². The largest absolute Gasteiger partial charge is 0.505 e. The highest BCUT2D eigenvalue weighted by Crippen LogP contribution is 2.46. The van der Waals surface area contributed by atoms with Crippen molar-refractivity contribution < 1.29 is 10.2 Å². The van der Waals surface area contributed by atoms with Gasteiger partial charge < -0.3 is 10.2 Å². The van der Waals surface area contributed by atoms with Crippen LogP contribution in [0, 0.1) is 16.2 Å². The third kappa shape index (κ3) is 7.20. The van der Waals surface area contributed by atoms with E-state index < -0.39 is 5.60 Å². The molecule has 0 spiro atoms. The molecule has 1 atom stereocenters. The molecule has 49 heavy (non-hydrogen) atoms. The summed E-state index contributed by atoms with van der Waals surface area (Å²) >= 11 is 0. The SMILES string of the molecule is CC(C)(C)CC(C)(C)C1=CCC(O)(Cc2cc(C(C)(C)CC(C)(C)C)cc(-n3nc4ccccc4n3)c2O)C(n2nc3ccccc3n2)=C1. The topological polar surface area (TPSA) is 102 Å². The van der Waals surface area contributed by atoms with E-state index in [0.29, 0.717) is 23.4 Å². The van der Waals surface area contributed by atoms with Crippen LogP contribution in [0.2, 0.25) is 0 Å². The van der Waals surface area contributed by atoms with Gasteiger partial charge in [0.05, 0.1) is 5.70 Å². The summed E-state index contributed by atoms with van der Waals surface area (Å²) in [4.78, 5) is 3.12. The predicted molar refractivity (Wildman–Crippen MR) is 199 cm³/mol. The van der Waals surface area contributed by atoms with Crippen LogP contribution in [0.3, 0.4) is 0 Å². The van der Waals surface area contributed by atoms with E-state index in [1.807, 2.05) is 54.6 Å². The molecule has 8 nitrogen and oxygen atoms in total. The minimum Gasteiger partial charge on any atom is -0.505 e. The number of nitrogens with zero attached hydrogens (tertiary/aromatic N) is 6. The van der Waals surface area contributed by atoms with E-state index in [9.17, 15) is 10.2 Å². The Bertz CT molecular complexity index is 2020. The van der Waals surface area contributed by atoms with Crippen LogP contribution in [0.15, 0.2) is 78.4 Å². The quantitative estimate of drug-likeness (QED) is 0.172. The van der Waals surface area contributed by atoms with Gasteiger partial charge in [-0.3, -0.25) is 0 Å². The number of aliphatic hydroxyl groups is 1. The first-order valence-electron chi connectivity index (χ1n) is 17.4. The Morgan fingerprint density at radius 1 is 0.673 bits per heavy atom. The number of phenolic OH excluding ortho intramolecular Hbond substituents is 1. The fourth-order valence-corrected chi connectivity index (χ4v) is 8.06. The highest BCUT2D eigenvalue weighted by molar-refractivity contribution is 5.76. The number of allylic oxidation sites excluding steroid dienone is 2. The summed E-state index contributed by atoms with van der Waals surface area (Å²) in [6.07, 6.45) is 6.58. The second-order valence-corrected chi connectivity index (χ2v) is 17.8. The molecule has 2 aromatic heterocycles. The van der Waals surface area contributed by atoms with Crippen molar-refractivity contribution in [1.29, 1.82) is 0 Å². The van der Waals surface area contributed by atoms with E-state index in [0.717, 1.165) is 46.0 Å². The molecule has 258 valence electrons. The smallest absolute Gasteiger partial charge is 0.146 e. The summed E-state index contributed by atoms with van der Waals surface area (Å²) in [7, 11) is 0. The lowest BCUT2D eigenvalue weighted by molar-refractivity contribution is 0.0935. The van der Waals surface area contributed by atoms with E-state index in [-0.39, 0.29) is 33.8 Å². The minimum absolute atomic E-state index is 0.0461. The van der Waals surface area contributed by atoms with Gasteiger partial charge in [0.1, 0.15) is 39.1 Å². The maximum atomic E-state index is 12.8. The zero-order valence-corrected chi connectivity index (χ0v) is 30.8. The minimum atomic E-state index is -1.42. The molecular formula is C41H52N6O2. The maximum Gasteiger partial charge on any atom is 0.146 e. The molecule has 0 saturated heterocycles. The van der Waals surface area contributed by atoms with Gasteiger partial charge in [-0.05, 0) is 87.6 Å². The van der Waals surface area contributed by atoms with Crippen LogP contribution in [0.4, 0.5) is 0 Å². The predicted octanol–water partition coefficient (Wildman–Crippen LogP) is 9.19.